The fourth-order valence-electron chi connectivity index (χ4n) is 2.10. The minimum Gasteiger partial charge on any atom is -0.360 e. The van der Waals surface area contributed by atoms with E-state index in [1.807, 2.05) is 0 Å². The Bertz CT molecular complexity index is 826. The van der Waals surface area contributed by atoms with Gasteiger partial charge < -0.3 is 4.98 Å². The minimum atomic E-state index is -0.615. The Labute approximate surface area is 124 Å². The minimum absolute atomic E-state index is 0.132. The number of fused-ring (bicyclic) bond motifs is 1. The molecule has 2 aromatic carbocycles. The molecule has 1 N–H and O–H groups in total. The molecule has 0 fully saturated rings. The van der Waals surface area contributed by atoms with Gasteiger partial charge in [-0.1, -0.05) is 29.3 Å². The SMILES string of the molecule is O=C(c1cccc(F)c1Cl)c1c[nH]c2ccc(Cl)cc12. The lowest BCUT2D eigenvalue weighted by Crippen LogP contribution is -2.02. The smallest absolute Gasteiger partial charge is 0.196 e. The van der Waals surface area contributed by atoms with Crippen molar-refractivity contribution in [1.29, 1.82) is 0 Å². The fourth-order valence-corrected chi connectivity index (χ4v) is 2.49. The molecule has 0 spiro atoms. The highest BCUT2D eigenvalue weighted by Crippen LogP contribution is 2.27. The Balaban J connectivity index is 2.18. The second-order valence-corrected chi connectivity index (χ2v) is 5.14. The van der Waals surface area contributed by atoms with E-state index in [4.69, 9.17) is 23.2 Å². The summed E-state index contributed by atoms with van der Waals surface area (Å²) in [7, 11) is 0. The van der Waals surface area contributed by atoms with Crippen molar-refractivity contribution in [3.05, 3.63) is 69.6 Å². The maximum absolute atomic E-state index is 13.4. The molecule has 3 rings (SSSR count). The number of aromatic amines is 1. The van der Waals surface area contributed by atoms with Crippen LogP contribution in [-0.2, 0) is 0 Å². The zero-order valence-electron chi connectivity index (χ0n) is 10.1. The highest BCUT2D eigenvalue weighted by molar-refractivity contribution is 6.36. The normalized spacial score (nSPS) is 10.9. The van der Waals surface area contributed by atoms with Crippen LogP contribution >= 0.6 is 23.2 Å². The molecule has 0 aliphatic rings. The van der Waals surface area contributed by atoms with Crippen LogP contribution < -0.4 is 0 Å². The van der Waals surface area contributed by atoms with Gasteiger partial charge in [0.05, 0.1) is 5.02 Å². The molecule has 5 heteroatoms. The van der Waals surface area contributed by atoms with Crippen LogP contribution in [-0.4, -0.2) is 10.8 Å². The van der Waals surface area contributed by atoms with Crippen molar-refractivity contribution >= 4 is 39.9 Å². The zero-order valence-corrected chi connectivity index (χ0v) is 11.6. The van der Waals surface area contributed by atoms with Crippen LogP contribution in [0.1, 0.15) is 15.9 Å². The van der Waals surface area contributed by atoms with Crippen LogP contribution in [0.4, 0.5) is 4.39 Å². The van der Waals surface area contributed by atoms with Crippen LogP contribution in [0.3, 0.4) is 0 Å². The van der Waals surface area contributed by atoms with Crippen LogP contribution in [0.2, 0.25) is 10.0 Å². The topological polar surface area (TPSA) is 32.9 Å². The molecule has 2 nitrogen and oxygen atoms in total. The molecule has 20 heavy (non-hydrogen) atoms. The van der Waals surface area contributed by atoms with Gasteiger partial charge in [-0.25, -0.2) is 4.39 Å². The lowest BCUT2D eigenvalue weighted by molar-refractivity contribution is 0.104. The summed E-state index contributed by atoms with van der Waals surface area (Å²) in [5, 5.41) is 1.04. The van der Waals surface area contributed by atoms with Gasteiger partial charge >= 0.3 is 0 Å². The summed E-state index contributed by atoms with van der Waals surface area (Å²) in [6.45, 7) is 0. The number of aromatic nitrogens is 1. The van der Waals surface area contributed by atoms with Gasteiger partial charge in [0.1, 0.15) is 5.82 Å². The number of rotatable bonds is 2. The van der Waals surface area contributed by atoms with Crippen molar-refractivity contribution in [2.24, 2.45) is 0 Å². The molecule has 0 radical (unpaired) electrons. The molecule has 0 unspecified atom stereocenters. The molecule has 3 aromatic rings. The molecule has 0 aliphatic carbocycles. The number of hydrogen-bond donors (Lipinski definition) is 1. The summed E-state index contributed by atoms with van der Waals surface area (Å²) < 4.78 is 13.4. The summed E-state index contributed by atoms with van der Waals surface area (Å²) in [4.78, 5) is 15.5. The zero-order chi connectivity index (χ0) is 14.3. The predicted molar refractivity (Wildman–Crippen MR) is 78.2 cm³/mol. The molecule has 100 valence electrons. The second-order valence-electron chi connectivity index (χ2n) is 4.32. The van der Waals surface area contributed by atoms with E-state index in [2.05, 4.69) is 4.98 Å². The van der Waals surface area contributed by atoms with Gasteiger partial charge in [-0.15, -0.1) is 0 Å². The monoisotopic (exact) mass is 307 g/mol. The van der Waals surface area contributed by atoms with Crippen molar-refractivity contribution in [3.63, 3.8) is 0 Å². The quantitative estimate of drug-likeness (QED) is 0.675. The van der Waals surface area contributed by atoms with Gasteiger partial charge in [-0.3, -0.25) is 4.79 Å². The molecular weight excluding hydrogens is 300 g/mol. The number of ketones is 1. The molecular formula is C15H8Cl2FNO. The molecule has 0 saturated heterocycles. The fraction of sp³-hybridized carbons (Fsp3) is 0. The predicted octanol–water partition coefficient (Wildman–Crippen LogP) is 4.84. The number of hydrogen-bond acceptors (Lipinski definition) is 1. The molecule has 0 aliphatic heterocycles. The summed E-state index contributed by atoms with van der Waals surface area (Å²) >= 11 is 11.8. The van der Waals surface area contributed by atoms with E-state index in [9.17, 15) is 9.18 Å². The third kappa shape index (κ3) is 2.09. The van der Waals surface area contributed by atoms with Gasteiger partial charge in [-0.05, 0) is 30.3 Å². The van der Waals surface area contributed by atoms with E-state index >= 15 is 0 Å². The number of carbonyl (C=O) groups is 1. The lowest BCUT2D eigenvalue weighted by atomic mass is 10.0. The number of carbonyl (C=O) groups excluding carboxylic acids is 1. The van der Waals surface area contributed by atoms with Gasteiger partial charge in [0.15, 0.2) is 5.78 Å². The lowest BCUT2D eigenvalue weighted by Gasteiger charge is -2.03. The summed E-state index contributed by atoms with van der Waals surface area (Å²) in [5.41, 5.74) is 1.33. The molecule has 1 heterocycles. The van der Waals surface area contributed by atoms with Crippen molar-refractivity contribution in [1.82, 2.24) is 4.98 Å². The van der Waals surface area contributed by atoms with Crippen molar-refractivity contribution in [2.45, 2.75) is 0 Å². The Morgan fingerprint density at radius 1 is 1.10 bits per heavy atom. The maximum Gasteiger partial charge on any atom is 0.196 e. The van der Waals surface area contributed by atoms with E-state index in [1.165, 1.54) is 18.2 Å². The number of benzene rings is 2. The van der Waals surface area contributed by atoms with E-state index < -0.39 is 5.82 Å². The third-order valence-electron chi connectivity index (χ3n) is 3.08. The Hall–Kier alpha value is -1.84. The Kier molecular flexibility index (Phi) is 3.24. The van der Waals surface area contributed by atoms with Crippen LogP contribution in [0.15, 0.2) is 42.6 Å². The number of H-pyrrole nitrogens is 1. The van der Waals surface area contributed by atoms with Crippen LogP contribution in [0.25, 0.3) is 10.9 Å². The van der Waals surface area contributed by atoms with Crippen LogP contribution in [0, 0.1) is 5.82 Å². The first-order chi connectivity index (χ1) is 9.58. The van der Waals surface area contributed by atoms with Gasteiger partial charge in [0, 0.05) is 33.2 Å². The second kappa shape index (κ2) is 4.93. The van der Waals surface area contributed by atoms with E-state index in [1.54, 1.807) is 24.4 Å². The van der Waals surface area contributed by atoms with E-state index in [0.717, 1.165) is 5.52 Å². The number of nitrogens with one attached hydrogen (secondary N) is 1. The largest absolute Gasteiger partial charge is 0.360 e. The summed E-state index contributed by atoms with van der Waals surface area (Å²) in [6, 6.07) is 9.36. The summed E-state index contributed by atoms with van der Waals surface area (Å²) in [5.74, 6) is -0.960. The van der Waals surface area contributed by atoms with E-state index in [0.29, 0.717) is 16.0 Å². The molecule has 0 atom stereocenters. The van der Waals surface area contributed by atoms with Crippen LogP contribution in [0.5, 0.6) is 0 Å². The molecule has 0 saturated carbocycles. The Morgan fingerprint density at radius 3 is 2.70 bits per heavy atom. The van der Waals surface area contributed by atoms with Crippen molar-refractivity contribution in [2.75, 3.05) is 0 Å². The molecule has 0 bridgehead atoms. The highest BCUT2D eigenvalue weighted by atomic mass is 35.5. The van der Waals surface area contributed by atoms with Gasteiger partial charge in [0.25, 0.3) is 0 Å². The molecule has 1 aromatic heterocycles. The summed E-state index contributed by atoms with van der Waals surface area (Å²) in [6.07, 6.45) is 1.57. The van der Waals surface area contributed by atoms with Gasteiger partial charge in [0.2, 0.25) is 0 Å². The van der Waals surface area contributed by atoms with Gasteiger partial charge in [-0.2, -0.15) is 0 Å². The van der Waals surface area contributed by atoms with Crippen molar-refractivity contribution in [3.8, 4) is 0 Å². The first-order valence-corrected chi connectivity index (χ1v) is 6.59. The first-order valence-electron chi connectivity index (χ1n) is 5.83. The Morgan fingerprint density at radius 2 is 1.90 bits per heavy atom. The average Bonchev–Trinajstić information content (AvgIpc) is 2.84. The third-order valence-corrected chi connectivity index (χ3v) is 3.70. The maximum atomic E-state index is 13.4. The molecule has 0 amide bonds. The average molecular weight is 308 g/mol. The first kappa shape index (κ1) is 13.2. The van der Waals surface area contributed by atoms with Crippen molar-refractivity contribution < 1.29 is 9.18 Å². The standard InChI is InChI=1S/C15H8Cl2FNO/c16-8-4-5-13-10(6-8)11(7-19-13)15(20)9-2-1-3-12(18)14(9)17/h1-7,19H. The number of halogens is 3. The highest BCUT2D eigenvalue weighted by Gasteiger charge is 2.18. The van der Waals surface area contributed by atoms with E-state index in [-0.39, 0.29) is 16.4 Å².